The van der Waals surface area contributed by atoms with Crippen molar-refractivity contribution in [1.82, 2.24) is 0 Å². The second-order valence-corrected chi connectivity index (χ2v) is 9.84. The van der Waals surface area contributed by atoms with Gasteiger partial charge < -0.3 is 13.9 Å². The van der Waals surface area contributed by atoms with E-state index in [-0.39, 0.29) is 0 Å². The van der Waals surface area contributed by atoms with Crippen molar-refractivity contribution in [2.75, 3.05) is 26.4 Å². The Kier molecular flexibility index (Phi) is 8.14. The van der Waals surface area contributed by atoms with Gasteiger partial charge in [0.25, 0.3) is 0 Å². The summed E-state index contributed by atoms with van der Waals surface area (Å²) in [5, 5.41) is 0. The lowest BCUT2D eigenvalue weighted by Crippen LogP contribution is -2.26. The molecule has 0 aromatic rings. The third-order valence-corrected chi connectivity index (χ3v) is 6.51. The van der Waals surface area contributed by atoms with Crippen LogP contribution >= 0.6 is 0 Å². The Bertz CT molecular complexity index is 197. The summed E-state index contributed by atoms with van der Waals surface area (Å²) in [5.74, 6) is 0. The molecule has 1 unspecified atom stereocenters. The van der Waals surface area contributed by atoms with Crippen LogP contribution in [-0.4, -0.2) is 41.6 Å². The van der Waals surface area contributed by atoms with Gasteiger partial charge in [-0.15, -0.1) is 0 Å². The van der Waals surface area contributed by atoms with Crippen LogP contribution in [0.4, 0.5) is 0 Å². The molecule has 3 nitrogen and oxygen atoms in total. The van der Waals surface area contributed by atoms with Gasteiger partial charge in [0, 0.05) is 13.2 Å². The molecule has 0 aromatic carbocycles. The van der Waals surface area contributed by atoms with E-state index >= 15 is 0 Å². The van der Waals surface area contributed by atoms with E-state index in [4.69, 9.17) is 13.9 Å². The standard InChI is InChI=1S/C14H30O3Si/c1-12(2)18(13(3)4)17-9-7-5-6-8-15-10-14-11-16-14/h12-14,18H,5-11H2,1-4H3. The quantitative estimate of drug-likeness (QED) is 0.329. The predicted octanol–water partition coefficient (Wildman–Crippen LogP) is 3.13. The monoisotopic (exact) mass is 274 g/mol. The molecule has 1 fully saturated rings. The summed E-state index contributed by atoms with van der Waals surface area (Å²) in [7, 11) is -0.998. The van der Waals surface area contributed by atoms with Crippen molar-refractivity contribution in [3.63, 3.8) is 0 Å². The van der Waals surface area contributed by atoms with Gasteiger partial charge in [-0.25, -0.2) is 0 Å². The second-order valence-electron chi connectivity index (χ2n) is 5.91. The predicted molar refractivity (Wildman–Crippen MR) is 77.7 cm³/mol. The van der Waals surface area contributed by atoms with Crippen LogP contribution in [0.15, 0.2) is 0 Å². The molecule has 0 bridgehead atoms. The summed E-state index contributed by atoms with van der Waals surface area (Å²) in [6.07, 6.45) is 3.93. The highest BCUT2D eigenvalue weighted by molar-refractivity contribution is 6.54. The Morgan fingerprint density at radius 1 is 1.06 bits per heavy atom. The van der Waals surface area contributed by atoms with Crippen LogP contribution in [0.1, 0.15) is 47.0 Å². The molecule has 0 amide bonds. The van der Waals surface area contributed by atoms with E-state index in [1.807, 2.05) is 0 Å². The largest absolute Gasteiger partial charge is 0.420 e. The lowest BCUT2D eigenvalue weighted by molar-refractivity contribution is 0.112. The molecule has 0 saturated carbocycles. The molecule has 0 aromatic heterocycles. The molecule has 108 valence electrons. The third kappa shape index (κ3) is 7.51. The van der Waals surface area contributed by atoms with E-state index in [1.54, 1.807) is 0 Å². The average Bonchev–Trinajstić information content (AvgIpc) is 3.09. The first-order valence-corrected chi connectivity index (χ1v) is 9.22. The van der Waals surface area contributed by atoms with E-state index in [0.717, 1.165) is 43.9 Å². The van der Waals surface area contributed by atoms with Crippen LogP contribution in [0, 0.1) is 0 Å². The summed E-state index contributed by atoms with van der Waals surface area (Å²) in [6, 6.07) is 0. The zero-order chi connectivity index (χ0) is 13.4. The first kappa shape index (κ1) is 16.2. The summed E-state index contributed by atoms with van der Waals surface area (Å²) < 4.78 is 16.7. The van der Waals surface area contributed by atoms with E-state index in [0.29, 0.717) is 6.10 Å². The van der Waals surface area contributed by atoms with E-state index < -0.39 is 9.04 Å². The van der Waals surface area contributed by atoms with Gasteiger partial charge in [0.15, 0.2) is 9.04 Å². The van der Waals surface area contributed by atoms with Gasteiger partial charge in [0.05, 0.1) is 13.2 Å². The van der Waals surface area contributed by atoms with Gasteiger partial charge in [-0.05, 0) is 30.3 Å². The van der Waals surface area contributed by atoms with Gasteiger partial charge in [-0.2, -0.15) is 0 Å². The smallest absolute Gasteiger partial charge is 0.181 e. The molecule has 1 saturated heterocycles. The molecule has 1 aliphatic heterocycles. The van der Waals surface area contributed by atoms with Gasteiger partial charge in [0.1, 0.15) is 6.10 Å². The Morgan fingerprint density at radius 3 is 2.22 bits per heavy atom. The van der Waals surface area contributed by atoms with Crippen molar-refractivity contribution >= 4 is 9.04 Å². The minimum atomic E-state index is -0.998. The second kappa shape index (κ2) is 9.07. The van der Waals surface area contributed by atoms with Gasteiger partial charge >= 0.3 is 0 Å². The number of hydrogen-bond acceptors (Lipinski definition) is 3. The van der Waals surface area contributed by atoms with Crippen LogP contribution in [0.5, 0.6) is 0 Å². The Labute approximate surface area is 114 Å². The molecule has 1 heterocycles. The molecule has 0 aliphatic carbocycles. The number of epoxide rings is 1. The van der Waals surface area contributed by atoms with Crippen LogP contribution in [0.3, 0.4) is 0 Å². The maximum atomic E-state index is 6.10. The van der Waals surface area contributed by atoms with Crippen molar-refractivity contribution in [2.45, 2.75) is 64.1 Å². The van der Waals surface area contributed by atoms with Crippen molar-refractivity contribution in [3.8, 4) is 0 Å². The molecule has 1 rings (SSSR count). The molecular weight excluding hydrogens is 244 g/mol. The van der Waals surface area contributed by atoms with Crippen LogP contribution in [0.2, 0.25) is 11.1 Å². The first-order valence-electron chi connectivity index (χ1n) is 7.42. The van der Waals surface area contributed by atoms with E-state index in [2.05, 4.69) is 27.7 Å². The number of hydrogen-bond donors (Lipinski definition) is 0. The molecular formula is C14H30O3Si. The van der Waals surface area contributed by atoms with Crippen molar-refractivity contribution in [1.29, 1.82) is 0 Å². The first-order chi connectivity index (χ1) is 8.61. The van der Waals surface area contributed by atoms with E-state index in [9.17, 15) is 0 Å². The highest BCUT2D eigenvalue weighted by Crippen LogP contribution is 2.21. The van der Waals surface area contributed by atoms with E-state index in [1.165, 1.54) is 12.8 Å². The fourth-order valence-electron chi connectivity index (χ4n) is 2.24. The third-order valence-electron chi connectivity index (χ3n) is 3.26. The Hall–Kier alpha value is 0.0969. The maximum Gasteiger partial charge on any atom is 0.181 e. The summed E-state index contributed by atoms with van der Waals surface area (Å²) in [5.41, 5.74) is 1.48. The van der Waals surface area contributed by atoms with Crippen molar-refractivity contribution in [2.24, 2.45) is 0 Å². The maximum absolute atomic E-state index is 6.10. The normalized spacial score (nSPS) is 19.2. The lowest BCUT2D eigenvalue weighted by Gasteiger charge is -2.23. The summed E-state index contributed by atoms with van der Waals surface area (Å²) in [4.78, 5) is 0. The molecule has 0 radical (unpaired) electrons. The zero-order valence-electron chi connectivity index (χ0n) is 12.5. The fourth-order valence-corrected chi connectivity index (χ4v) is 4.98. The highest BCUT2D eigenvalue weighted by atomic mass is 28.3. The molecule has 4 heteroatoms. The Balaban J connectivity index is 1.86. The minimum Gasteiger partial charge on any atom is -0.420 e. The highest BCUT2D eigenvalue weighted by Gasteiger charge is 2.22. The SMILES string of the molecule is CC(C)[SiH](OCCCCCOCC1CO1)C(C)C. The summed E-state index contributed by atoms with van der Waals surface area (Å²) >= 11 is 0. The van der Waals surface area contributed by atoms with Crippen molar-refractivity contribution in [3.05, 3.63) is 0 Å². The van der Waals surface area contributed by atoms with Crippen molar-refractivity contribution < 1.29 is 13.9 Å². The lowest BCUT2D eigenvalue weighted by atomic mass is 10.2. The number of rotatable bonds is 11. The number of ether oxygens (including phenoxy) is 2. The molecule has 0 N–H and O–H groups in total. The molecule has 1 atom stereocenters. The van der Waals surface area contributed by atoms with Crippen LogP contribution < -0.4 is 0 Å². The molecule has 1 aliphatic rings. The van der Waals surface area contributed by atoms with Gasteiger partial charge in [0.2, 0.25) is 0 Å². The summed E-state index contributed by atoms with van der Waals surface area (Å²) in [6.45, 7) is 12.7. The Morgan fingerprint density at radius 2 is 1.67 bits per heavy atom. The number of unbranched alkanes of at least 4 members (excludes halogenated alkanes) is 2. The van der Waals surface area contributed by atoms with Gasteiger partial charge in [-0.3, -0.25) is 0 Å². The topological polar surface area (TPSA) is 31.0 Å². The fraction of sp³-hybridized carbons (Fsp3) is 1.00. The molecule has 0 spiro atoms. The van der Waals surface area contributed by atoms with Crippen LogP contribution in [0.25, 0.3) is 0 Å². The van der Waals surface area contributed by atoms with Crippen LogP contribution in [-0.2, 0) is 13.9 Å². The average molecular weight is 274 g/mol. The minimum absolute atomic E-state index is 0.400. The zero-order valence-corrected chi connectivity index (χ0v) is 13.6. The molecule has 18 heavy (non-hydrogen) atoms. The van der Waals surface area contributed by atoms with Gasteiger partial charge in [-0.1, -0.05) is 27.7 Å².